The molecule has 0 radical (unpaired) electrons. The van der Waals surface area contributed by atoms with Gasteiger partial charge in [0.15, 0.2) is 0 Å². The number of ether oxygens (including phenoxy) is 2. The molecule has 0 aromatic heterocycles. The Bertz CT molecular complexity index is 1040. The van der Waals surface area contributed by atoms with E-state index in [4.69, 9.17) is 9.47 Å². The number of methoxy groups -OCH3 is 2. The molecule has 3 N–H and O–H groups in total. The fourth-order valence-electron chi connectivity index (χ4n) is 2.99. The second-order valence-corrected chi connectivity index (χ2v) is 6.68. The van der Waals surface area contributed by atoms with Gasteiger partial charge in [0, 0.05) is 18.3 Å². The van der Waals surface area contributed by atoms with Crippen LogP contribution in [-0.4, -0.2) is 32.6 Å². The Morgan fingerprint density at radius 3 is 2.32 bits per heavy atom. The number of carbonyl (C=O) groups excluding carboxylic acids is 2. The first-order valence-corrected chi connectivity index (χ1v) is 9.77. The van der Waals surface area contributed by atoms with E-state index in [1.807, 2.05) is 30.3 Å². The molecular formula is C24H25N3O4. The van der Waals surface area contributed by atoms with Crippen molar-refractivity contribution in [3.63, 3.8) is 0 Å². The molecule has 0 unspecified atom stereocenters. The first kappa shape index (κ1) is 21.7. The smallest absolute Gasteiger partial charge is 0.253 e. The van der Waals surface area contributed by atoms with Gasteiger partial charge in [-0.05, 0) is 29.8 Å². The summed E-state index contributed by atoms with van der Waals surface area (Å²) in [7, 11) is 3.08. The fourth-order valence-corrected chi connectivity index (χ4v) is 2.99. The molecule has 7 nitrogen and oxygen atoms in total. The second kappa shape index (κ2) is 10.7. The molecule has 31 heavy (non-hydrogen) atoms. The minimum Gasteiger partial charge on any atom is -0.497 e. The summed E-state index contributed by atoms with van der Waals surface area (Å²) in [5, 5.41) is 8.73. The van der Waals surface area contributed by atoms with Crippen molar-refractivity contribution < 1.29 is 19.1 Å². The Labute approximate surface area is 181 Å². The third-order valence-corrected chi connectivity index (χ3v) is 4.59. The van der Waals surface area contributed by atoms with Crippen molar-refractivity contribution in [2.45, 2.75) is 6.54 Å². The van der Waals surface area contributed by atoms with Crippen LogP contribution in [0.1, 0.15) is 15.9 Å². The van der Waals surface area contributed by atoms with E-state index in [9.17, 15) is 9.59 Å². The van der Waals surface area contributed by atoms with Crippen molar-refractivity contribution in [1.82, 2.24) is 5.32 Å². The summed E-state index contributed by atoms with van der Waals surface area (Å²) in [6.45, 7) is 0.396. The number of carbonyl (C=O) groups is 2. The van der Waals surface area contributed by atoms with E-state index in [2.05, 4.69) is 16.0 Å². The number of hydrogen-bond donors (Lipinski definition) is 3. The van der Waals surface area contributed by atoms with Gasteiger partial charge in [0.25, 0.3) is 5.91 Å². The van der Waals surface area contributed by atoms with Gasteiger partial charge in [-0.15, -0.1) is 0 Å². The van der Waals surface area contributed by atoms with Gasteiger partial charge in [0.05, 0.1) is 32.0 Å². The lowest BCUT2D eigenvalue weighted by Crippen LogP contribution is -2.26. The van der Waals surface area contributed by atoms with Crippen LogP contribution < -0.4 is 25.4 Å². The highest BCUT2D eigenvalue weighted by molar-refractivity contribution is 6.01. The molecule has 160 valence electrons. The highest BCUT2D eigenvalue weighted by Crippen LogP contribution is 2.28. The van der Waals surface area contributed by atoms with Crippen LogP contribution in [0.5, 0.6) is 11.5 Å². The molecule has 0 bridgehead atoms. The second-order valence-electron chi connectivity index (χ2n) is 6.68. The van der Waals surface area contributed by atoms with Gasteiger partial charge in [-0.3, -0.25) is 9.59 Å². The molecule has 0 heterocycles. The summed E-state index contributed by atoms with van der Waals surface area (Å²) in [4.78, 5) is 25.1. The monoisotopic (exact) mass is 419 g/mol. The summed E-state index contributed by atoms with van der Waals surface area (Å²) in [5.41, 5.74) is 2.54. The Hall–Kier alpha value is -4.00. The zero-order valence-corrected chi connectivity index (χ0v) is 17.5. The topological polar surface area (TPSA) is 88.7 Å². The molecular weight excluding hydrogens is 394 g/mol. The van der Waals surface area contributed by atoms with E-state index in [1.54, 1.807) is 49.6 Å². The standard InChI is InChI=1S/C24H25N3O4/c1-30-18-12-13-22(31-2)21(14-18)27-23(28)16-25-20-11-7-6-10-19(20)24(29)26-15-17-8-4-3-5-9-17/h3-14,25H,15-16H2,1-2H3,(H,26,29)(H,27,28). The van der Waals surface area contributed by atoms with Crippen molar-refractivity contribution >= 4 is 23.2 Å². The average Bonchev–Trinajstić information content (AvgIpc) is 2.82. The number of nitrogens with one attached hydrogen (secondary N) is 3. The first-order valence-electron chi connectivity index (χ1n) is 9.77. The van der Waals surface area contributed by atoms with E-state index in [-0.39, 0.29) is 18.4 Å². The summed E-state index contributed by atoms with van der Waals surface area (Å²) in [6, 6.07) is 21.9. The molecule has 3 aromatic carbocycles. The van der Waals surface area contributed by atoms with Crippen LogP contribution in [0.3, 0.4) is 0 Å². The van der Waals surface area contributed by atoms with Gasteiger partial charge in [-0.25, -0.2) is 0 Å². The van der Waals surface area contributed by atoms with Crippen LogP contribution in [0, 0.1) is 0 Å². The molecule has 7 heteroatoms. The maximum atomic E-state index is 12.6. The van der Waals surface area contributed by atoms with E-state index in [1.165, 1.54) is 7.11 Å². The molecule has 0 saturated heterocycles. The molecule has 0 spiro atoms. The maximum absolute atomic E-state index is 12.6. The van der Waals surface area contributed by atoms with Crippen LogP contribution in [-0.2, 0) is 11.3 Å². The van der Waals surface area contributed by atoms with Gasteiger partial charge in [0.1, 0.15) is 11.5 Å². The van der Waals surface area contributed by atoms with E-state index in [0.717, 1.165) is 5.56 Å². The predicted octanol–water partition coefficient (Wildman–Crippen LogP) is 3.68. The van der Waals surface area contributed by atoms with E-state index in [0.29, 0.717) is 35.0 Å². The quantitative estimate of drug-likeness (QED) is 0.492. The number of para-hydroxylation sites is 1. The summed E-state index contributed by atoms with van der Waals surface area (Å²) >= 11 is 0. The third-order valence-electron chi connectivity index (χ3n) is 4.59. The number of amides is 2. The van der Waals surface area contributed by atoms with Crippen LogP contribution in [0.15, 0.2) is 72.8 Å². The molecule has 2 amide bonds. The lowest BCUT2D eigenvalue weighted by Gasteiger charge is -2.14. The third kappa shape index (κ3) is 5.99. The summed E-state index contributed by atoms with van der Waals surface area (Å²) < 4.78 is 10.5. The van der Waals surface area contributed by atoms with Crippen LogP contribution in [0.2, 0.25) is 0 Å². The Morgan fingerprint density at radius 2 is 1.58 bits per heavy atom. The Balaban J connectivity index is 1.62. The van der Waals surface area contributed by atoms with E-state index < -0.39 is 0 Å². The van der Waals surface area contributed by atoms with Gasteiger partial charge in [-0.1, -0.05) is 42.5 Å². The fraction of sp³-hybridized carbons (Fsp3) is 0.167. The van der Waals surface area contributed by atoms with Crippen LogP contribution in [0.4, 0.5) is 11.4 Å². The van der Waals surface area contributed by atoms with Crippen molar-refractivity contribution in [1.29, 1.82) is 0 Å². The predicted molar refractivity (Wildman–Crippen MR) is 121 cm³/mol. The molecule has 3 aromatic rings. The van der Waals surface area contributed by atoms with Gasteiger partial charge >= 0.3 is 0 Å². The number of anilines is 2. The molecule has 0 aliphatic rings. The Kier molecular flexibility index (Phi) is 7.48. The van der Waals surface area contributed by atoms with Crippen molar-refractivity contribution in [2.75, 3.05) is 31.4 Å². The molecule has 0 aliphatic carbocycles. The van der Waals surface area contributed by atoms with Crippen LogP contribution >= 0.6 is 0 Å². The minimum absolute atomic E-state index is 0.0245. The maximum Gasteiger partial charge on any atom is 0.253 e. The molecule has 0 fully saturated rings. The normalized spacial score (nSPS) is 10.1. The highest BCUT2D eigenvalue weighted by atomic mass is 16.5. The molecule has 0 saturated carbocycles. The zero-order chi connectivity index (χ0) is 22.1. The van der Waals surface area contributed by atoms with Crippen LogP contribution in [0.25, 0.3) is 0 Å². The number of hydrogen-bond acceptors (Lipinski definition) is 5. The minimum atomic E-state index is -0.286. The number of benzene rings is 3. The first-order chi connectivity index (χ1) is 15.1. The van der Waals surface area contributed by atoms with Crippen molar-refractivity contribution in [3.8, 4) is 11.5 Å². The largest absolute Gasteiger partial charge is 0.497 e. The molecule has 0 aliphatic heterocycles. The van der Waals surface area contributed by atoms with Gasteiger partial charge in [0.2, 0.25) is 5.91 Å². The van der Waals surface area contributed by atoms with E-state index >= 15 is 0 Å². The lowest BCUT2D eigenvalue weighted by atomic mass is 10.1. The van der Waals surface area contributed by atoms with Crippen molar-refractivity contribution in [3.05, 3.63) is 83.9 Å². The highest BCUT2D eigenvalue weighted by Gasteiger charge is 2.13. The Morgan fingerprint density at radius 1 is 0.839 bits per heavy atom. The molecule has 3 rings (SSSR count). The van der Waals surface area contributed by atoms with Gasteiger partial charge < -0.3 is 25.4 Å². The SMILES string of the molecule is COc1ccc(OC)c(NC(=O)CNc2ccccc2C(=O)NCc2ccccc2)c1. The summed E-state index contributed by atoms with van der Waals surface area (Å²) in [5.74, 6) is 0.618. The zero-order valence-electron chi connectivity index (χ0n) is 17.5. The average molecular weight is 419 g/mol. The molecule has 0 atom stereocenters. The number of rotatable bonds is 9. The summed E-state index contributed by atoms with van der Waals surface area (Å²) in [6.07, 6.45) is 0. The van der Waals surface area contributed by atoms with Crippen molar-refractivity contribution in [2.24, 2.45) is 0 Å². The van der Waals surface area contributed by atoms with Gasteiger partial charge in [-0.2, -0.15) is 0 Å². The lowest BCUT2D eigenvalue weighted by molar-refractivity contribution is -0.114.